The van der Waals surface area contributed by atoms with E-state index in [1.165, 1.54) is 0 Å². The largest absolute Gasteiger partial charge is 0.469 e. The van der Waals surface area contributed by atoms with Crippen molar-refractivity contribution in [1.82, 2.24) is 4.98 Å². The summed E-state index contributed by atoms with van der Waals surface area (Å²) in [5.41, 5.74) is 1.37. The second kappa shape index (κ2) is 6.12. The van der Waals surface area contributed by atoms with Crippen LogP contribution >= 0.6 is 0 Å². The lowest BCUT2D eigenvalue weighted by Crippen LogP contribution is -2.19. The molecule has 112 valence electrons. The van der Waals surface area contributed by atoms with E-state index in [2.05, 4.69) is 9.72 Å². The first-order valence-electron chi connectivity index (χ1n) is 5.35. The van der Waals surface area contributed by atoms with Gasteiger partial charge in [0.05, 0.1) is 24.8 Å². The van der Waals surface area contributed by atoms with E-state index in [4.69, 9.17) is 5.73 Å². The van der Waals surface area contributed by atoms with Gasteiger partial charge in [0, 0.05) is 6.54 Å². The van der Waals surface area contributed by atoms with E-state index in [-0.39, 0.29) is 12.2 Å². The maximum Gasteiger partial charge on any atom is 0.418 e. The number of hydrogen-bond acceptors (Lipinski definition) is 4. The Hall–Kier alpha value is -1.77. The molecule has 1 aromatic rings. The van der Waals surface area contributed by atoms with Gasteiger partial charge in [-0.2, -0.15) is 13.2 Å². The van der Waals surface area contributed by atoms with Gasteiger partial charge in [-0.1, -0.05) is 0 Å². The molecule has 0 aromatic carbocycles. The van der Waals surface area contributed by atoms with E-state index in [0.717, 1.165) is 13.2 Å². The number of rotatable bonds is 4. The molecule has 2 N–H and O–H groups in total. The molecular formula is C11H11F5N2O2. The van der Waals surface area contributed by atoms with Crippen LogP contribution in [0.2, 0.25) is 0 Å². The maximum atomic E-state index is 12.9. The first-order chi connectivity index (χ1) is 9.20. The average molecular weight is 298 g/mol. The summed E-state index contributed by atoms with van der Waals surface area (Å²) >= 11 is 0. The van der Waals surface area contributed by atoms with Gasteiger partial charge >= 0.3 is 12.1 Å². The molecule has 0 unspecified atom stereocenters. The third-order valence-electron chi connectivity index (χ3n) is 2.44. The van der Waals surface area contributed by atoms with Crippen LogP contribution in [-0.4, -0.2) is 18.1 Å². The van der Waals surface area contributed by atoms with Crippen LogP contribution in [0.1, 0.15) is 28.9 Å². The monoisotopic (exact) mass is 298 g/mol. The molecule has 0 spiro atoms. The Morgan fingerprint density at radius 3 is 2.45 bits per heavy atom. The van der Waals surface area contributed by atoms with Gasteiger partial charge in [0.1, 0.15) is 5.69 Å². The summed E-state index contributed by atoms with van der Waals surface area (Å²) in [5.74, 6) is -0.982. The summed E-state index contributed by atoms with van der Waals surface area (Å²) < 4.78 is 68.5. The van der Waals surface area contributed by atoms with Crippen molar-refractivity contribution < 1.29 is 31.5 Å². The van der Waals surface area contributed by atoms with Crippen LogP contribution < -0.4 is 5.73 Å². The van der Waals surface area contributed by atoms with E-state index in [1.807, 2.05) is 0 Å². The molecular weight excluding hydrogens is 287 g/mol. The van der Waals surface area contributed by atoms with Crippen LogP contribution in [0, 0.1) is 0 Å². The third kappa shape index (κ3) is 3.62. The molecule has 1 aromatic heterocycles. The number of nitrogens with two attached hydrogens (primary N) is 1. The summed E-state index contributed by atoms with van der Waals surface area (Å²) in [7, 11) is 0.981. The highest BCUT2D eigenvalue weighted by Crippen LogP contribution is 2.38. The molecule has 0 aliphatic rings. The summed E-state index contributed by atoms with van der Waals surface area (Å²) in [6.07, 6.45) is -9.29. The van der Waals surface area contributed by atoms with Crippen LogP contribution in [-0.2, 0) is 28.7 Å². The Labute approximate surface area is 110 Å². The first kappa shape index (κ1) is 16.3. The number of aromatic nitrogens is 1. The number of alkyl halides is 5. The van der Waals surface area contributed by atoms with Crippen LogP contribution in [0.25, 0.3) is 0 Å². The lowest BCUT2D eigenvalue weighted by molar-refractivity contribution is -0.142. The van der Waals surface area contributed by atoms with Gasteiger partial charge in [0.2, 0.25) is 0 Å². The van der Waals surface area contributed by atoms with Gasteiger partial charge in [-0.15, -0.1) is 0 Å². The number of carbonyl (C=O) groups is 1. The SMILES string of the molecule is COC(=O)Cc1cc(CN)nc(C(F)F)c1C(F)(F)F. The van der Waals surface area contributed by atoms with Crippen molar-refractivity contribution in [2.75, 3.05) is 7.11 Å². The van der Waals surface area contributed by atoms with Gasteiger partial charge in [0.25, 0.3) is 6.43 Å². The van der Waals surface area contributed by atoms with Crippen LogP contribution in [0.3, 0.4) is 0 Å². The highest BCUT2D eigenvalue weighted by atomic mass is 19.4. The Kier molecular flexibility index (Phi) is 4.98. The van der Waals surface area contributed by atoms with Crippen molar-refractivity contribution in [3.63, 3.8) is 0 Å². The Bertz CT molecular complexity index is 502. The molecule has 9 heteroatoms. The minimum absolute atomic E-state index is 0.160. The summed E-state index contributed by atoms with van der Waals surface area (Å²) in [6, 6.07) is 0.881. The number of carbonyl (C=O) groups excluding carboxylic acids is 1. The third-order valence-corrected chi connectivity index (χ3v) is 2.44. The minimum atomic E-state index is -5.06. The fraction of sp³-hybridized carbons (Fsp3) is 0.455. The van der Waals surface area contributed by atoms with Crippen LogP contribution in [0.5, 0.6) is 0 Å². The van der Waals surface area contributed by atoms with Crippen molar-refractivity contribution in [1.29, 1.82) is 0 Å². The number of ether oxygens (including phenoxy) is 1. The van der Waals surface area contributed by atoms with E-state index >= 15 is 0 Å². The molecule has 0 atom stereocenters. The second-order valence-corrected chi connectivity index (χ2v) is 3.79. The molecule has 0 fully saturated rings. The second-order valence-electron chi connectivity index (χ2n) is 3.79. The van der Waals surface area contributed by atoms with Crippen molar-refractivity contribution in [3.8, 4) is 0 Å². The summed E-state index contributed by atoms with van der Waals surface area (Å²) in [6.45, 7) is -0.327. The number of nitrogens with zero attached hydrogens (tertiary/aromatic N) is 1. The van der Waals surface area contributed by atoms with E-state index in [0.29, 0.717) is 0 Å². The fourth-order valence-corrected chi connectivity index (χ4v) is 1.64. The molecule has 0 aliphatic carbocycles. The molecule has 0 aliphatic heterocycles. The van der Waals surface area contributed by atoms with Crippen molar-refractivity contribution in [2.45, 2.75) is 25.6 Å². The Morgan fingerprint density at radius 2 is 2.05 bits per heavy atom. The lowest BCUT2D eigenvalue weighted by atomic mass is 10.0. The number of methoxy groups -OCH3 is 1. The Balaban J connectivity index is 3.51. The zero-order chi connectivity index (χ0) is 15.5. The van der Waals surface area contributed by atoms with E-state index in [1.54, 1.807) is 0 Å². The van der Waals surface area contributed by atoms with Gasteiger partial charge in [-0.3, -0.25) is 4.79 Å². The molecule has 0 saturated carbocycles. The smallest absolute Gasteiger partial charge is 0.418 e. The summed E-state index contributed by atoms with van der Waals surface area (Å²) in [4.78, 5) is 14.3. The van der Waals surface area contributed by atoms with Crippen LogP contribution in [0.15, 0.2) is 6.07 Å². The highest BCUT2D eigenvalue weighted by Gasteiger charge is 2.40. The molecule has 20 heavy (non-hydrogen) atoms. The summed E-state index contributed by atoms with van der Waals surface area (Å²) in [5, 5.41) is 0. The number of halogens is 5. The zero-order valence-electron chi connectivity index (χ0n) is 10.3. The molecule has 0 bridgehead atoms. The predicted molar refractivity (Wildman–Crippen MR) is 57.8 cm³/mol. The molecule has 1 rings (SSSR count). The Morgan fingerprint density at radius 1 is 1.45 bits per heavy atom. The standard InChI is InChI=1S/C11H11F5N2O2/c1-20-7(19)3-5-2-6(4-17)18-9(10(12)13)8(5)11(14,15)16/h2,10H,3-4,17H2,1H3. The predicted octanol–water partition coefficient (Wildman–Crippen LogP) is 2.21. The van der Waals surface area contributed by atoms with E-state index < -0.39 is 41.8 Å². The number of hydrogen-bond donors (Lipinski definition) is 1. The maximum absolute atomic E-state index is 12.9. The normalized spacial score (nSPS) is 11.8. The minimum Gasteiger partial charge on any atom is -0.469 e. The van der Waals surface area contributed by atoms with Crippen LogP contribution in [0.4, 0.5) is 22.0 Å². The number of pyridine rings is 1. The quantitative estimate of drug-likeness (QED) is 0.683. The zero-order valence-corrected chi connectivity index (χ0v) is 10.3. The van der Waals surface area contributed by atoms with E-state index in [9.17, 15) is 26.7 Å². The molecule has 4 nitrogen and oxygen atoms in total. The molecule has 0 saturated heterocycles. The number of esters is 1. The average Bonchev–Trinajstić information content (AvgIpc) is 2.35. The van der Waals surface area contributed by atoms with Gasteiger partial charge in [-0.25, -0.2) is 13.8 Å². The topological polar surface area (TPSA) is 65.2 Å². The van der Waals surface area contributed by atoms with Crippen molar-refractivity contribution in [3.05, 3.63) is 28.6 Å². The lowest BCUT2D eigenvalue weighted by Gasteiger charge is -2.17. The first-order valence-corrected chi connectivity index (χ1v) is 5.35. The molecule has 0 amide bonds. The van der Waals surface area contributed by atoms with Gasteiger partial charge in [-0.05, 0) is 11.6 Å². The van der Waals surface area contributed by atoms with Crippen molar-refractivity contribution in [2.24, 2.45) is 5.73 Å². The highest BCUT2D eigenvalue weighted by molar-refractivity contribution is 5.73. The molecule has 1 heterocycles. The molecule has 0 radical (unpaired) electrons. The van der Waals surface area contributed by atoms with Gasteiger partial charge in [0.15, 0.2) is 0 Å². The van der Waals surface area contributed by atoms with Gasteiger partial charge < -0.3 is 10.5 Å². The van der Waals surface area contributed by atoms with Crippen molar-refractivity contribution >= 4 is 5.97 Å². The fourth-order valence-electron chi connectivity index (χ4n) is 1.64.